The molecule has 0 fully saturated rings. The number of amides is 1. The fourth-order valence-electron chi connectivity index (χ4n) is 3.15. The van der Waals surface area contributed by atoms with E-state index < -0.39 is 15.9 Å². The molecule has 0 spiro atoms. The van der Waals surface area contributed by atoms with Gasteiger partial charge in [0.25, 0.3) is 5.91 Å². The summed E-state index contributed by atoms with van der Waals surface area (Å²) < 4.78 is 33.2. The first kappa shape index (κ1) is 25.1. The van der Waals surface area contributed by atoms with E-state index in [1.807, 2.05) is 50.2 Å². The number of azo groups is 1. The highest BCUT2D eigenvalue weighted by Gasteiger charge is 2.23. The van der Waals surface area contributed by atoms with Crippen LogP contribution in [-0.2, 0) is 10.0 Å². The number of nitrogens with zero attached hydrogens (tertiary/aromatic N) is 2. The molecule has 2 N–H and O–H groups in total. The summed E-state index contributed by atoms with van der Waals surface area (Å²) >= 11 is 0. The maximum atomic E-state index is 13.0. The van der Waals surface area contributed by atoms with Crippen LogP contribution < -0.4 is 14.8 Å². The number of aryl methyl sites for hydroxylation is 2. The van der Waals surface area contributed by atoms with Gasteiger partial charge in [0, 0.05) is 11.6 Å². The lowest BCUT2D eigenvalue weighted by Crippen LogP contribution is -2.30. The maximum absolute atomic E-state index is 13.0. The molecule has 0 unspecified atom stereocenters. The Bertz CT molecular complexity index is 1320. The number of ether oxygens (including phenoxy) is 1. The Morgan fingerprint density at radius 2 is 1.59 bits per heavy atom. The summed E-state index contributed by atoms with van der Waals surface area (Å²) in [6, 6.07) is 16.9. The van der Waals surface area contributed by atoms with Gasteiger partial charge in [-0.25, -0.2) is 13.1 Å². The molecular formula is C25H28N4O4S. The van der Waals surface area contributed by atoms with Crippen molar-refractivity contribution in [2.24, 2.45) is 10.2 Å². The maximum Gasteiger partial charge on any atom is 0.255 e. The van der Waals surface area contributed by atoms with Gasteiger partial charge in [-0.3, -0.25) is 4.79 Å². The lowest BCUT2D eigenvalue weighted by Gasteiger charge is -2.14. The van der Waals surface area contributed by atoms with Crippen molar-refractivity contribution < 1.29 is 17.9 Å². The molecule has 0 heterocycles. The van der Waals surface area contributed by atoms with Gasteiger partial charge in [-0.05, 0) is 75.7 Å². The highest BCUT2D eigenvalue weighted by atomic mass is 32.2. The molecule has 8 nitrogen and oxygen atoms in total. The van der Waals surface area contributed by atoms with Crippen molar-refractivity contribution in [1.82, 2.24) is 4.72 Å². The third-order valence-corrected chi connectivity index (χ3v) is 6.49. The molecule has 178 valence electrons. The Labute approximate surface area is 200 Å². The van der Waals surface area contributed by atoms with Crippen molar-refractivity contribution in [3.63, 3.8) is 0 Å². The molecule has 1 amide bonds. The van der Waals surface area contributed by atoms with Crippen LogP contribution in [0.1, 0.15) is 35.3 Å². The average molecular weight is 481 g/mol. The van der Waals surface area contributed by atoms with Gasteiger partial charge in [-0.15, -0.1) is 5.11 Å². The first-order chi connectivity index (χ1) is 16.1. The van der Waals surface area contributed by atoms with E-state index in [4.69, 9.17) is 4.74 Å². The zero-order chi connectivity index (χ0) is 24.9. The van der Waals surface area contributed by atoms with Crippen molar-refractivity contribution in [3.8, 4) is 5.75 Å². The molecule has 3 rings (SSSR count). The molecular weight excluding hydrogens is 452 g/mol. The minimum atomic E-state index is -3.88. The van der Waals surface area contributed by atoms with Gasteiger partial charge < -0.3 is 10.1 Å². The van der Waals surface area contributed by atoms with Crippen LogP contribution in [0.15, 0.2) is 75.8 Å². The SMILES string of the molecule is COc1ccc(C(=O)Nc2ccc(C)cc2N=Nc2ccc(C)cc2)cc1S(=O)(=O)NC(C)C. The number of hydrogen-bond acceptors (Lipinski definition) is 6. The van der Waals surface area contributed by atoms with Crippen molar-refractivity contribution >= 4 is 33.0 Å². The normalized spacial score (nSPS) is 11.7. The molecule has 0 atom stereocenters. The second-order valence-corrected chi connectivity index (χ2v) is 9.83. The Kier molecular flexibility index (Phi) is 7.80. The summed E-state index contributed by atoms with van der Waals surface area (Å²) in [5.41, 5.74) is 3.85. The molecule has 0 aliphatic heterocycles. The Balaban J connectivity index is 1.91. The first-order valence-corrected chi connectivity index (χ1v) is 12.2. The zero-order valence-corrected chi connectivity index (χ0v) is 20.6. The second kappa shape index (κ2) is 10.6. The molecule has 9 heteroatoms. The Morgan fingerprint density at radius 3 is 2.24 bits per heavy atom. The van der Waals surface area contributed by atoms with E-state index in [2.05, 4.69) is 20.3 Å². The van der Waals surface area contributed by atoms with Gasteiger partial charge in [0.1, 0.15) is 16.3 Å². The van der Waals surface area contributed by atoms with Crippen LogP contribution in [0, 0.1) is 13.8 Å². The van der Waals surface area contributed by atoms with Crippen molar-refractivity contribution in [3.05, 3.63) is 77.4 Å². The van der Waals surface area contributed by atoms with Crippen molar-refractivity contribution in [2.75, 3.05) is 12.4 Å². The van der Waals surface area contributed by atoms with E-state index in [0.29, 0.717) is 17.1 Å². The standard InChI is InChI=1S/C25H28N4O4S/c1-16(2)29-34(31,32)24-15-19(9-13-23(24)33-5)25(30)26-21-12-8-18(4)14-22(21)28-27-20-10-6-17(3)7-11-20/h6-16,29H,1-5H3,(H,26,30). The summed E-state index contributed by atoms with van der Waals surface area (Å²) in [4.78, 5) is 12.9. The fourth-order valence-corrected chi connectivity index (χ4v) is 4.60. The van der Waals surface area contributed by atoms with Gasteiger partial charge in [-0.1, -0.05) is 23.8 Å². The first-order valence-electron chi connectivity index (χ1n) is 10.7. The van der Waals surface area contributed by atoms with Crippen LogP contribution in [0.4, 0.5) is 17.1 Å². The third-order valence-electron chi connectivity index (χ3n) is 4.81. The van der Waals surface area contributed by atoms with E-state index in [1.165, 1.54) is 25.3 Å². The molecule has 0 aliphatic carbocycles. The number of rotatable bonds is 8. The lowest BCUT2D eigenvalue weighted by atomic mass is 10.1. The molecule has 0 aliphatic rings. The summed E-state index contributed by atoms with van der Waals surface area (Å²) in [7, 11) is -2.50. The number of benzene rings is 3. The van der Waals surface area contributed by atoms with Crippen molar-refractivity contribution in [2.45, 2.75) is 38.6 Å². The summed E-state index contributed by atoms with van der Waals surface area (Å²) in [6.07, 6.45) is 0. The fraction of sp³-hybridized carbons (Fsp3) is 0.240. The van der Waals surface area contributed by atoms with E-state index in [9.17, 15) is 13.2 Å². The number of sulfonamides is 1. The molecule has 0 bridgehead atoms. The van der Waals surface area contributed by atoms with E-state index >= 15 is 0 Å². The van der Waals surface area contributed by atoms with Gasteiger partial charge in [0.15, 0.2) is 0 Å². The number of nitrogens with one attached hydrogen (secondary N) is 2. The van der Waals surface area contributed by atoms with Crippen LogP contribution in [0.25, 0.3) is 0 Å². The van der Waals surface area contributed by atoms with Gasteiger partial charge in [0.2, 0.25) is 10.0 Å². The highest BCUT2D eigenvalue weighted by Crippen LogP contribution is 2.30. The van der Waals surface area contributed by atoms with E-state index in [-0.39, 0.29) is 22.3 Å². The molecule has 0 saturated heterocycles. The highest BCUT2D eigenvalue weighted by molar-refractivity contribution is 7.89. The summed E-state index contributed by atoms with van der Waals surface area (Å²) in [5.74, 6) is -0.341. The zero-order valence-electron chi connectivity index (χ0n) is 19.8. The number of methoxy groups -OCH3 is 1. The van der Waals surface area contributed by atoms with Gasteiger partial charge in [0.05, 0.1) is 18.5 Å². The predicted octanol–water partition coefficient (Wildman–Crippen LogP) is 5.67. The number of carbonyl (C=O) groups excluding carboxylic acids is 1. The lowest BCUT2D eigenvalue weighted by molar-refractivity contribution is 0.102. The number of hydrogen-bond donors (Lipinski definition) is 2. The van der Waals surface area contributed by atoms with Crippen LogP contribution in [-0.4, -0.2) is 27.5 Å². The molecule has 0 radical (unpaired) electrons. The molecule has 3 aromatic carbocycles. The number of carbonyl (C=O) groups is 1. The number of anilines is 1. The van der Waals surface area contributed by atoms with E-state index in [1.54, 1.807) is 19.9 Å². The monoisotopic (exact) mass is 480 g/mol. The van der Waals surface area contributed by atoms with Crippen LogP contribution >= 0.6 is 0 Å². The second-order valence-electron chi connectivity index (χ2n) is 8.15. The van der Waals surface area contributed by atoms with Crippen LogP contribution in [0.3, 0.4) is 0 Å². The summed E-state index contributed by atoms with van der Waals surface area (Å²) in [6.45, 7) is 7.33. The Morgan fingerprint density at radius 1 is 0.912 bits per heavy atom. The smallest absolute Gasteiger partial charge is 0.255 e. The summed E-state index contributed by atoms with van der Waals surface area (Å²) in [5, 5.41) is 11.4. The molecule has 0 saturated carbocycles. The largest absolute Gasteiger partial charge is 0.495 e. The Hall–Kier alpha value is -3.56. The molecule has 0 aromatic heterocycles. The van der Waals surface area contributed by atoms with Crippen molar-refractivity contribution in [1.29, 1.82) is 0 Å². The van der Waals surface area contributed by atoms with Crippen LogP contribution in [0.2, 0.25) is 0 Å². The molecule has 3 aromatic rings. The third kappa shape index (κ3) is 6.27. The minimum absolute atomic E-state index is 0.112. The minimum Gasteiger partial charge on any atom is -0.495 e. The predicted molar refractivity (Wildman–Crippen MR) is 133 cm³/mol. The van der Waals surface area contributed by atoms with E-state index in [0.717, 1.165) is 11.1 Å². The molecule has 34 heavy (non-hydrogen) atoms. The van der Waals surface area contributed by atoms with Crippen LogP contribution in [0.5, 0.6) is 5.75 Å². The van der Waals surface area contributed by atoms with Gasteiger partial charge >= 0.3 is 0 Å². The average Bonchev–Trinajstić information content (AvgIpc) is 2.79. The quantitative estimate of drug-likeness (QED) is 0.405. The van der Waals surface area contributed by atoms with Gasteiger partial charge in [-0.2, -0.15) is 5.11 Å². The topological polar surface area (TPSA) is 109 Å².